The molecule has 0 saturated carbocycles. The van der Waals surface area contributed by atoms with Gasteiger partial charge in [-0.2, -0.15) is 0 Å². The number of unbranched alkanes of at least 4 members (excludes halogenated alkanes) is 1. The second kappa shape index (κ2) is 7.67. The number of fused-ring (bicyclic) bond motifs is 1. The summed E-state index contributed by atoms with van der Waals surface area (Å²) in [5.41, 5.74) is 6.20. The Hall–Kier alpha value is -3.07. The fraction of sp³-hybridized carbons (Fsp3) is 0.208. The van der Waals surface area contributed by atoms with Crippen LogP contribution in [0.3, 0.4) is 0 Å². The predicted octanol–water partition coefficient (Wildman–Crippen LogP) is 6.65. The molecule has 0 spiro atoms. The van der Waals surface area contributed by atoms with Crippen LogP contribution in [0.2, 0.25) is 0 Å². The molecule has 0 atom stereocenters. The molecule has 0 bridgehead atoms. The number of hydrogen-bond donors (Lipinski definition) is 0. The standard InChI is InChI=1S/C24H23NO2/c1-3-4-15-26-21-12-10-19(11-13-21)18-6-8-20(9-7-18)24-25-22-16-17(2)5-14-23(22)27-24/h5-14,16H,3-4,15H2,1-2H3. The van der Waals surface area contributed by atoms with E-state index in [4.69, 9.17) is 9.15 Å². The molecule has 0 unspecified atom stereocenters. The highest BCUT2D eigenvalue weighted by Crippen LogP contribution is 2.28. The Morgan fingerprint density at radius 1 is 0.852 bits per heavy atom. The molecule has 27 heavy (non-hydrogen) atoms. The van der Waals surface area contributed by atoms with Gasteiger partial charge in [0.2, 0.25) is 5.89 Å². The van der Waals surface area contributed by atoms with Gasteiger partial charge in [-0.1, -0.05) is 43.7 Å². The number of aromatic nitrogens is 1. The molecule has 3 nitrogen and oxygen atoms in total. The first kappa shape index (κ1) is 17.3. The summed E-state index contributed by atoms with van der Waals surface area (Å²) in [6, 6.07) is 22.6. The lowest BCUT2D eigenvalue weighted by molar-refractivity contribution is 0.309. The van der Waals surface area contributed by atoms with Gasteiger partial charge in [-0.15, -0.1) is 0 Å². The number of hydrogen-bond acceptors (Lipinski definition) is 3. The molecule has 0 saturated heterocycles. The van der Waals surface area contributed by atoms with Crippen molar-refractivity contribution in [1.29, 1.82) is 0 Å². The summed E-state index contributed by atoms with van der Waals surface area (Å²) < 4.78 is 11.6. The highest BCUT2D eigenvalue weighted by Gasteiger charge is 2.08. The van der Waals surface area contributed by atoms with Gasteiger partial charge in [0.15, 0.2) is 5.58 Å². The third-order valence-electron chi connectivity index (χ3n) is 4.63. The molecule has 3 heteroatoms. The summed E-state index contributed by atoms with van der Waals surface area (Å²) in [5.74, 6) is 1.58. The highest BCUT2D eigenvalue weighted by atomic mass is 16.5. The smallest absolute Gasteiger partial charge is 0.227 e. The molecule has 3 aromatic carbocycles. The first-order valence-electron chi connectivity index (χ1n) is 9.44. The SMILES string of the molecule is CCCCOc1ccc(-c2ccc(-c3nc4cc(C)ccc4o3)cc2)cc1. The average molecular weight is 357 g/mol. The van der Waals surface area contributed by atoms with Crippen molar-refractivity contribution in [2.24, 2.45) is 0 Å². The average Bonchev–Trinajstić information content (AvgIpc) is 3.12. The van der Waals surface area contributed by atoms with Crippen LogP contribution in [0.15, 0.2) is 71.1 Å². The molecule has 0 aliphatic carbocycles. The molecular formula is C24H23NO2. The zero-order valence-electron chi connectivity index (χ0n) is 15.7. The van der Waals surface area contributed by atoms with Crippen LogP contribution in [0.5, 0.6) is 5.75 Å². The molecule has 1 heterocycles. The molecular weight excluding hydrogens is 334 g/mol. The Kier molecular flexibility index (Phi) is 4.93. The van der Waals surface area contributed by atoms with Crippen molar-refractivity contribution in [3.63, 3.8) is 0 Å². The molecule has 4 rings (SSSR count). The number of rotatable bonds is 6. The second-order valence-electron chi connectivity index (χ2n) is 6.79. The Labute approximate surface area is 159 Å². The van der Waals surface area contributed by atoms with Gasteiger partial charge in [0.25, 0.3) is 0 Å². The number of oxazole rings is 1. The largest absolute Gasteiger partial charge is 0.494 e. The predicted molar refractivity (Wildman–Crippen MR) is 110 cm³/mol. The van der Waals surface area contributed by atoms with Crippen molar-refractivity contribution in [2.45, 2.75) is 26.7 Å². The molecule has 0 radical (unpaired) electrons. The number of benzene rings is 3. The lowest BCUT2D eigenvalue weighted by Crippen LogP contribution is -1.95. The summed E-state index contributed by atoms with van der Waals surface area (Å²) in [4.78, 5) is 4.61. The zero-order valence-corrected chi connectivity index (χ0v) is 15.7. The minimum absolute atomic E-state index is 0.654. The van der Waals surface area contributed by atoms with Crippen molar-refractivity contribution < 1.29 is 9.15 Å². The van der Waals surface area contributed by atoms with Crippen LogP contribution in [0.25, 0.3) is 33.7 Å². The van der Waals surface area contributed by atoms with E-state index in [0.29, 0.717) is 5.89 Å². The molecule has 0 amide bonds. The van der Waals surface area contributed by atoms with Crippen LogP contribution >= 0.6 is 0 Å². The van der Waals surface area contributed by atoms with Crippen molar-refractivity contribution in [2.75, 3.05) is 6.61 Å². The van der Waals surface area contributed by atoms with E-state index in [1.807, 2.05) is 30.3 Å². The molecule has 4 aromatic rings. The van der Waals surface area contributed by atoms with Crippen LogP contribution in [0.4, 0.5) is 0 Å². The van der Waals surface area contributed by atoms with E-state index >= 15 is 0 Å². The third-order valence-corrected chi connectivity index (χ3v) is 4.63. The quantitative estimate of drug-likeness (QED) is 0.362. The fourth-order valence-electron chi connectivity index (χ4n) is 3.04. The Morgan fingerprint density at radius 2 is 1.52 bits per heavy atom. The van der Waals surface area contributed by atoms with E-state index < -0.39 is 0 Å². The maximum atomic E-state index is 5.89. The Bertz CT molecular complexity index is 1030. The van der Waals surface area contributed by atoms with Gasteiger partial charge in [0.1, 0.15) is 11.3 Å². The maximum absolute atomic E-state index is 5.89. The normalized spacial score (nSPS) is 11.0. The molecule has 0 fully saturated rings. The van der Waals surface area contributed by atoms with E-state index in [2.05, 4.69) is 55.2 Å². The van der Waals surface area contributed by atoms with Crippen LogP contribution in [-0.2, 0) is 0 Å². The van der Waals surface area contributed by atoms with Gasteiger partial charge in [-0.3, -0.25) is 0 Å². The molecule has 1 aromatic heterocycles. The van der Waals surface area contributed by atoms with E-state index in [1.165, 1.54) is 5.56 Å². The van der Waals surface area contributed by atoms with Gasteiger partial charge in [-0.05, 0) is 66.4 Å². The van der Waals surface area contributed by atoms with Gasteiger partial charge >= 0.3 is 0 Å². The summed E-state index contributed by atoms with van der Waals surface area (Å²) in [6.45, 7) is 5.00. The fourth-order valence-corrected chi connectivity index (χ4v) is 3.04. The van der Waals surface area contributed by atoms with Crippen molar-refractivity contribution in [3.8, 4) is 28.3 Å². The summed E-state index contributed by atoms with van der Waals surface area (Å²) in [7, 11) is 0. The van der Waals surface area contributed by atoms with Gasteiger partial charge in [0.05, 0.1) is 6.61 Å². The Balaban J connectivity index is 1.52. The topological polar surface area (TPSA) is 35.3 Å². The van der Waals surface area contributed by atoms with Gasteiger partial charge < -0.3 is 9.15 Å². The van der Waals surface area contributed by atoms with Crippen LogP contribution in [-0.4, -0.2) is 11.6 Å². The lowest BCUT2D eigenvalue weighted by Gasteiger charge is -2.07. The maximum Gasteiger partial charge on any atom is 0.227 e. The van der Waals surface area contributed by atoms with Crippen molar-refractivity contribution in [3.05, 3.63) is 72.3 Å². The number of nitrogens with zero attached hydrogens (tertiary/aromatic N) is 1. The van der Waals surface area contributed by atoms with Crippen LogP contribution in [0.1, 0.15) is 25.3 Å². The van der Waals surface area contributed by atoms with Gasteiger partial charge in [-0.25, -0.2) is 4.98 Å². The molecule has 0 aliphatic rings. The minimum Gasteiger partial charge on any atom is -0.494 e. The molecule has 136 valence electrons. The zero-order chi connectivity index (χ0) is 18.6. The van der Waals surface area contributed by atoms with E-state index in [0.717, 1.165) is 53.0 Å². The second-order valence-corrected chi connectivity index (χ2v) is 6.79. The minimum atomic E-state index is 0.654. The summed E-state index contributed by atoms with van der Waals surface area (Å²) in [5, 5.41) is 0. The number of ether oxygens (including phenoxy) is 1. The summed E-state index contributed by atoms with van der Waals surface area (Å²) in [6.07, 6.45) is 2.22. The highest BCUT2D eigenvalue weighted by molar-refractivity contribution is 5.77. The van der Waals surface area contributed by atoms with E-state index in [-0.39, 0.29) is 0 Å². The lowest BCUT2D eigenvalue weighted by atomic mass is 10.0. The first-order valence-corrected chi connectivity index (χ1v) is 9.44. The monoisotopic (exact) mass is 357 g/mol. The first-order chi connectivity index (χ1) is 13.2. The van der Waals surface area contributed by atoms with E-state index in [9.17, 15) is 0 Å². The number of aryl methyl sites for hydroxylation is 1. The Morgan fingerprint density at radius 3 is 2.22 bits per heavy atom. The molecule has 0 N–H and O–H groups in total. The van der Waals surface area contributed by atoms with E-state index in [1.54, 1.807) is 0 Å². The van der Waals surface area contributed by atoms with Crippen LogP contribution < -0.4 is 4.74 Å². The van der Waals surface area contributed by atoms with Crippen molar-refractivity contribution in [1.82, 2.24) is 4.98 Å². The third kappa shape index (κ3) is 3.87. The van der Waals surface area contributed by atoms with Gasteiger partial charge in [0, 0.05) is 5.56 Å². The van der Waals surface area contributed by atoms with Crippen molar-refractivity contribution >= 4 is 11.1 Å². The van der Waals surface area contributed by atoms with Crippen LogP contribution in [0, 0.1) is 6.92 Å². The summed E-state index contributed by atoms with van der Waals surface area (Å²) >= 11 is 0. The molecule has 0 aliphatic heterocycles.